The Morgan fingerprint density at radius 1 is 1.19 bits per heavy atom. The van der Waals surface area contributed by atoms with E-state index in [1.807, 2.05) is 18.7 Å². The van der Waals surface area contributed by atoms with Crippen molar-refractivity contribution in [2.45, 2.75) is 59.4 Å². The minimum atomic E-state index is -0.0914. The van der Waals surface area contributed by atoms with Crippen LogP contribution in [0.25, 0.3) is 11.2 Å². The number of alkyl halides is 1. The largest absolute Gasteiger partial charge is 0.311 e. The molecule has 4 nitrogen and oxygen atoms in total. The topological polar surface area (TPSA) is 35.6 Å². The van der Waals surface area contributed by atoms with Gasteiger partial charge in [-0.25, -0.2) is 4.98 Å². The lowest BCUT2D eigenvalue weighted by Gasteiger charge is -2.19. The van der Waals surface area contributed by atoms with Crippen LogP contribution in [0.3, 0.4) is 0 Å². The number of imidazole rings is 1. The Morgan fingerprint density at radius 3 is 2.38 bits per heavy atom. The fourth-order valence-corrected chi connectivity index (χ4v) is 2.81. The van der Waals surface area contributed by atoms with E-state index in [0.29, 0.717) is 11.8 Å². The molecule has 0 spiro atoms. The Labute approximate surface area is 132 Å². The van der Waals surface area contributed by atoms with Crippen molar-refractivity contribution in [3.63, 3.8) is 0 Å². The molecule has 0 aliphatic rings. The Hall–Kier alpha value is -1.03. The maximum Gasteiger partial charge on any atom is 0.158 e. The van der Waals surface area contributed by atoms with Crippen molar-refractivity contribution in [2.75, 3.05) is 0 Å². The van der Waals surface area contributed by atoms with Crippen LogP contribution in [0.2, 0.25) is 0 Å². The van der Waals surface area contributed by atoms with Gasteiger partial charge in [-0.1, -0.05) is 34.1 Å². The van der Waals surface area contributed by atoms with Gasteiger partial charge in [0.25, 0.3) is 0 Å². The molecule has 0 amide bonds. The summed E-state index contributed by atoms with van der Waals surface area (Å²) in [6.45, 7) is 11.9. The quantitative estimate of drug-likeness (QED) is 0.745. The van der Waals surface area contributed by atoms with Crippen LogP contribution in [0.4, 0.5) is 0 Å². The van der Waals surface area contributed by atoms with Gasteiger partial charge in [0.05, 0.1) is 11.1 Å². The highest BCUT2D eigenvalue weighted by Crippen LogP contribution is 2.28. The molecule has 0 saturated carbocycles. The van der Waals surface area contributed by atoms with Gasteiger partial charge >= 0.3 is 0 Å². The summed E-state index contributed by atoms with van der Waals surface area (Å²) in [5.41, 5.74) is 3.22. The average Bonchev–Trinajstić information content (AvgIpc) is 2.90. The monoisotopic (exact) mass is 310 g/mol. The lowest BCUT2D eigenvalue weighted by molar-refractivity contribution is 0.362. The average molecular weight is 311 g/mol. The van der Waals surface area contributed by atoms with Gasteiger partial charge in [0.1, 0.15) is 11.3 Å². The third kappa shape index (κ3) is 3.10. The summed E-state index contributed by atoms with van der Waals surface area (Å²) < 4.78 is 4.23. The first-order valence-corrected chi connectivity index (χ1v) is 8.36. The van der Waals surface area contributed by atoms with E-state index in [1.54, 1.807) is 0 Å². The molecule has 2 aromatic heterocycles. The third-order valence-corrected chi connectivity index (χ3v) is 4.47. The molecule has 2 aromatic rings. The smallest absolute Gasteiger partial charge is 0.158 e. The van der Waals surface area contributed by atoms with Crippen molar-refractivity contribution in [1.29, 1.82) is 0 Å². The van der Waals surface area contributed by atoms with Crippen LogP contribution < -0.4 is 0 Å². The summed E-state index contributed by atoms with van der Waals surface area (Å²) in [5, 5.41) is 4.55. The van der Waals surface area contributed by atoms with Gasteiger partial charge in [-0.05, 0) is 25.2 Å². The van der Waals surface area contributed by atoms with E-state index in [0.717, 1.165) is 42.1 Å². The molecule has 21 heavy (non-hydrogen) atoms. The Morgan fingerprint density at radius 2 is 1.86 bits per heavy atom. The fraction of sp³-hybridized carbons (Fsp3) is 0.750. The van der Waals surface area contributed by atoms with Crippen molar-refractivity contribution >= 4 is 22.8 Å². The maximum atomic E-state index is 6.37. The first-order valence-electron chi connectivity index (χ1n) is 7.92. The van der Waals surface area contributed by atoms with Crippen molar-refractivity contribution < 1.29 is 0 Å². The molecular formula is C16H27ClN4. The SMILES string of the molecule is CCCc1nn(C)c2c1nc(C(C)Cl)n2CC(C)C(C)C. The van der Waals surface area contributed by atoms with E-state index >= 15 is 0 Å². The number of hydrogen-bond donors (Lipinski definition) is 0. The molecule has 2 atom stereocenters. The number of rotatable bonds is 6. The van der Waals surface area contributed by atoms with Crippen LogP contribution in [0.5, 0.6) is 0 Å². The number of nitrogens with zero attached hydrogens (tertiary/aromatic N) is 4. The van der Waals surface area contributed by atoms with E-state index in [4.69, 9.17) is 16.6 Å². The van der Waals surface area contributed by atoms with E-state index < -0.39 is 0 Å². The van der Waals surface area contributed by atoms with E-state index in [1.165, 1.54) is 0 Å². The minimum absolute atomic E-state index is 0.0914. The second-order valence-corrected chi connectivity index (χ2v) is 7.07. The molecule has 0 radical (unpaired) electrons. The number of hydrogen-bond acceptors (Lipinski definition) is 2. The molecule has 0 N–H and O–H groups in total. The van der Waals surface area contributed by atoms with Crippen LogP contribution in [0.1, 0.15) is 57.9 Å². The zero-order chi connectivity index (χ0) is 15.7. The summed E-state index contributed by atoms with van der Waals surface area (Å²) in [7, 11) is 2.00. The standard InChI is InChI=1S/C16H27ClN4/c1-7-8-13-14-16(20(6)19-13)21(9-11(4)10(2)3)15(18-14)12(5)17/h10-12H,7-9H2,1-6H3. The predicted molar refractivity (Wildman–Crippen MR) is 88.8 cm³/mol. The Kier molecular flexibility index (Phi) is 4.97. The summed E-state index contributed by atoms with van der Waals surface area (Å²) in [4.78, 5) is 4.81. The molecular weight excluding hydrogens is 284 g/mol. The molecule has 0 saturated heterocycles. The molecule has 118 valence electrons. The normalized spacial score (nSPS) is 15.0. The molecule has 0 aliphatic carbocycles. The van der Waals surface area contributed by atoms with Crippen LogP contribution >= 0.6 is 11.6 Å². The first-order chi connectivity index (χ1) is 9.86. The second-order valence-electron chi connectivity index (χ2n) is 6.41. The van der Waals surface area contributed by atoms with Gasteiger partial charge in [-0.3, -0.25) is 4.68 Å². The molecule has 2 unspecified atom stereocenters. The van der Waals surface area contributed by atoms with Crippen molar-refractivity contribution in [2.24, 2.45) is 18.9 Å². The molecule has 0 fully saturated rings. The number of fused-ring (bicyclic) bond motifs is 1. The van der Waals surface area contributed by atoms with E-state index in [9.17, 15) is 0 Å². The third-order valence-electron chi connectivity index (χ3n) is 4.27. The molecule has 2 rings (SSSR count). The van der Waals surface area contributed by atoms with Gasteiger partial charge in [0.15, 0.2) is 5.65 Å². The lowest BCUT2D eigenvalue weighted by Crippen LogP contribution is -2.17. The van der Waals surface area contributed by atoms with Gasteiger partial charge in [-0.15, -0.1) is 11.6 Å². The molecule has 5 heteroatoms. The van der Waals surface area contributed by atoms with Crippen LogP contribution in [-0.2, 0) is 20.0 Å². The maximum absolute atomic E-state index is 6.37. The summed E-state index contributed by atoms with van der Waals surface area (Å²) in [6, 6.07) is 0. The predicted octanol–water partition coefficient (Wildman–Crippen LogP) is 4.31. The molecule has 0 bridgehead atoms. The van der Waals surface area contributed by atoms with Crippen molar-refractivity contribution in [3.05, 3.63) is 11.5 Å². The number of aromatic nitrogens is 4. The first kappa shape index (κ1) is 16.3. The Bertz CT molecular complexity index is 609. The zero-order valence-corrected chi connectivity index (χ0v) is 14.8. The van der Waals surface area contributed by atoms with Crippen molar-refractivity contribution in [3.8, 4) is 0 Å². The summed E-state index contributed by atoms with van der Waals surface area (Å²) in [5.74, 6) is 2.16. The fourth-order valence-electron chi connectivity index (χ4n) is 2.65. The lowest BCUT2D eigenvalue weighted by atomic mass is 9.98. The highest BCUT2D eigenvalue weighted by molar-refractivity contribution is 6.20. The number of aryl methyl sites for hydroxylation is 2. The number of halogens is 1. The highest BCUT2D eigenvalue weighted by Gasteiger charge is 2.23. The van der Waals surface area contributed by atoms with E-state index in [-0.39, 0.29) is 5.38 Å². The molecule has 0 aromatic carbocycles. The van der Waals surface area contributed by atoms with Gasteiger partial charge < -0.3 is 4.57 Å². The van der Waals surface area contributed by atoms with Crippen molar-refractivity contribution in [1.82, 2.24) is 19.3 Å². The molecule has 2 heterocycles. The minimum Gasteiger partial charge on any atom is -0.311 e. The Balaban J connectivity index is 2.57. The summed E-state index contributed by atoms with van der Waals surface area (Å²) >= 11 is 6.37. The zero-order valence-electron chi connectivity index (χ0n) is 14.0. The van der Waals surface area contributed by atoms with E-state index in [2.05, 4.69) is 37.4 Å². The second kappa shape index (κ2) is 6.39. The van der Waals surface area contributed by atoms with Gasteiger partial charge in [-0.2, -0.15) is 5.10 Å². The van der Waals surface area contributed by atoms with Crippen LogP contribution in [0, 0.1) is 11.8 Å². The summed E-state index contributed by atoms with van der Waals surface area (Å²) in [6.07, 6.45) is 2.04. The highest BCUT2D eigenvalue weighted by atomic mass is 35.5. The van der Waals surface area contributed by atoms with Gasteiger partial charge in [0.2, 0.25) is 0 Å². The molecule has 0 aliphatic heterocycles. The van der Waals surface area contributed by atoms with Gasteiger partial charge in [0, 0.05) is 13.6 Å². The van der Waals surface area contributed by atoms with Crippen LogP contribution in [-0.4, -0.2) is 19.3 Å². The van der Waals surface area contributed by atoms with Crippen LogP contribution in [0.15, 0.2) is 0 Å².